The summed E-state index contributed by atoms with van der Waals surface area (Å²) in [5.41, 5.74) is 5.49. The van der Waals surface area contributed by atoms with Gasteiger partial charge in [-0.05, 0) is 111 Å². The average Bonchev–Trinajstić information content (AvgIpc) is 3.88. The van der Waals surface area contributed by atoms with Gasteiger partial charge in [0, 0.05) is 55.3 Å². The number of ether oxygens (including phenoxy) is 1. The van der Waals surface area contributed by atoms with Gasteiger partial charge in [-0.25, -0.2) is 4.98 Å². The van der Waals surface area contributed by atoms with E-state index in [1.165, 1.54) is 9.80 Å². The molecule has 65 heavy (non-hydrogen) atoms. The highest BCUT2D eigenvalue weighted by Gasteiger charge is 2.41. The van der Waals surface area contributed by atoms with Crippen LogP contribution in [0.1, 0.15) is 53.8 Å². The summed E-state index contributed by atoms with van der Waals surface area (Å²) >= 11 is 12.8. The summed E-state index contributed by atoms with van der Waals surface area (Å²) in [6.45, 7) is 1.62. The van der Waals surface area contributed by atoms with Crippen molar-refractivity contribution in [3.05, 3.63) is 135 Å². The van der Waals surface area contributed by atoms with E-state index in [-0.39, 0.29) is 31.3 Å². The van der Waals surface area contributed by atoms with Crippen molar-refractivity contribution < 1.29 is 29.0 Å². The van der Waals surface area contributed by atoms with Crippen molar-refractivity contribution in [3.8, 4) is 22.8 Å². The minimum atomic E-state index is -1.32. The van der Waals surface area contributed by atoms with Crippen LogP contribution in [0.5, 0.6) is 11.5 Å². The Bertz CT molecular complexity index is 2510. The Morgan fingerprint density at radius 3 is 2.29 bits per heavy atom. The van der Waals surface area contributed by atoms with Crippen LogP contribution in [-0.2, 0) is 52.2 Å². The number of aliphatic hydroxyl groups is 1. The second kappa shape index (κ2) is 20.6. The quantitative estimate of drug-likeness (QED) is 0.149. The van der Waals surface area contributed by atoms with E-state index in [0.717, 1.165) is 40.2 Å². The zero-order valence-corrected chi connectivity index (χ0v) is 39.2. The molecule has 5 atom stereocenters. The second-order valence-electron chi connectivity index (χ2n) is 17.5. The molecule has 0 bridgehead atoms. The number of nitrogens with one attached hydrogen (secondary N) is 1. The number of carbonyl (C=O) groups is 4. The molecule has 13 nitrogen and oxygen atoms in total. The fourth-order valence-electron chi connectivity index (χ4n) is 9.01. The molecule has 0 unspecified atom stereocenters. The van der Waals surface area contributed by atoms with Crippen LogP contribution in [0.4, 0.5) is 0 Å². The van der Waals surface area contributed by atoms with E-state index in [2.05, 4.69) is 25.8 Å². The Morgan fingerprint density at radius 1 is 0.877 bits per heavy atom. The van der Waals surface area contributed by atoms with Crippen molar-refractivity contribution >= 4 is 46.8 Å². The largest absolute Gasteiger partial charge is 0.457 e. The number of amides is 4. The first kappa shape index (κ1) is 47.2. The predicted molar refractivity (Wildman–Crippen MR) is 252 cm³/mol. The summed E-state index contributed by atoms with van der Waals surface area (Å²) in [6, 6.07) is 24.9. The highest BCUT2D eigenvalue weighted by Crippen LogP contribution is 2.41. The summed E-state index contributed by atoms with van der Waals surface area (Å²) in [6.07, 6.45) is 3.45. The summed E-state index contributed by atoms with van der Waals surface area (Å²) in [5.74, 6) is -1.09. The third kappa shape index (κ3) is 10.9. The van der Waals surface area contributed by atoms with E-state index in [1.54, 1.807) is 56.3 Å². The van der Waals surface area contributed by atoms with Crippen LogP contribution in [0.2, 0.25) is 10.0 Å². The number of hydrogen-bond acceptors (Lipinski definition) is 8. The Labute approximate surface area is 390 Å². The molecule has 1 aromatic heterocycles. The molecule has 0 spiro atoms. The van der Waals surface area contributed by atoms with Crippen LogP contribution < -0.4 is 10.1 Å². The molecule has 0 saturated carbocycles. The SMILES string of the molecule is C[C@H]1C(=O)N[C@@H](CO)C(=O)N(C)[C@H](Cc2ccc(Cl)cc2)CN(C)C(=O)[C@H]([C@H]2CCc3ccccc32)CC(=O)N1Cc1ccc(Cl)cc1Oc1ccc(-c2cnc(CN(C)C)n2C)cc1. The lowest BCUT2D eigenvalue weighted by Crippen LogP contribution is -2.58. The number of hydrogen-bond donors (Lipinski definition) is 2. The smallest absolute Gasteiger partial charge is 0.247 e. The third-order valence-electron chi connectivity index (χ3n) is 12.8. The lowest BCUT2D eigenvalue weighted by atomic mass is 9.83. The van der Waals surface area contributed by atoms with Crippen molar-refractivity contribution in [1.82, 2.24) is 34.5 Å². The summed E-state index contributed by atoms with van der Waals surface area (Å²) in [4.78, 5) is 69.7. The predicted octanol–water partition coefficient (Wildman–Crippen LogP) is 6.72. The van der Waals surface area contributed by atoms with Crippen molar-refractivity contribution in [3.63, 3.8) is 0 Å². The van der Waals surface area contributed by atoms with Crippen molar-refractivity contribution in [2.75, 3.05) is 41.3 Å². The van der Waals surface area contributed by atoms with Crippen LogP contribution in [0.25, 0.3) is 11.3 Å². The highest BCUT2D eigenvalue weighted by atomic mass is 35.5. The summed E-state index contributed by atoms with van der Waals surface area (Å²) < 4.78 is 8.52. The Morgan fingerprint density at radius 2 is 1.58 bits per heavy atom. The van der Waals surface area contributed by atoms with Gasteiger partial charge in [0.2, 0.25) is 23.6 Å². The van der Waals surface area contributed by atoms with Crippen molar-refractivity contribution in [2.45, 2.75) is 69.7 Å². The van der Waals surface area contributed by atoms with Crippen LogP contribution in [-0.4, -0.2) is 117 Å². The van der Waals surface area contributed by atoms with Crippen LogP contribution >= 0.6 is 23.2 Å². The van der Waals surface area contributed by atoms with Gasteiger partial charge < -0.3 is 39.3 Å². The summed E-state index contributed by atoms with van der Waals surface area (Å²) in [5, 5.41) is 14.3. The first-order valence-electron chi connectivity index (χ1n) is 21.9. The Balaban J connectivity index is 1.22. The number of aliphatic hydroxyl groups excluding tert-OH is 1. The number of aryl methyl sites for hydroxylation is 1. The highest BCUT2D eigenvalue weighted by molar-refractivity contribution is 6.31. The zero-order valence-electron chi connectivity index (χ0n) is 37.7. The second-order valence-corrected chi connectivity index (χ2v) is 18.4. The van der Waals surface area contributed by atoms with Crippen LogP contribution in [0.3, 0.4) is 0 Å². The molecular formula is C50H57Cl2N7O6. The molecule has 0 radical (unpaired) electrons. The van der Waals surface area contributed by atoms with Gasteiger partial charge >= 0.3 is 0 Å². The molecule has 15 heteroatoms. The molecule has 5 aromatic rings. The first-order valence-corrected chi connectivity index (χ1v) is 22.6. The number of imidazole rings is 1. The van der Waals surface area contributed by atoms with E-state index in [4.69, 9.17) is 27.9 Å². The normalized spacial score (nSPS) is 21.1. The van der Waals surface area contributed by atoms with Crippen LogP contribution in [0.15, 0.2) is 97.2 Å². The van der Waals surface area contributed by atoms with Gasteiger partial charge in [0.1, 0.15) is 29.4 Å². The Kier molecular flexibility index (Phi) is 15.0. The molecule has 2 aliphatic rings. The maximum atomic E-state index is 15.0. The molecule has 2 heterocycles. The standard InChI is InChI=1S/C50H57Cl2N7O6/c1-31-48(62)54-43(30-60)50(64)57(5)38(23-32-11-17-36(51)18-12-32)28-56(4)49(63)42(41-22-16-33-9-7-8-10-40(33)41)25-47(61)59(31)27-35-13-19-37(52)24-45(35)65-39-20-14-34(15-21-39)44-26-53-46(58(44)6)29-55(2)3/h7-15,17-21,24,26,31,38,41-43,60H,16,22-23,25,27-30H2,1-6H3,(H,54,62)/t31-,38+,41-,42-,43-/m0/s1. The Hall–Kier alpha value is -5.73. The molecular weight excluding hydrogens is 865 g/mol. The van der Waals surface area contributed by atoms with Gasteiger partial charge in [-0.3, -0.25) is 19.2 Å². The zero-order chi connectivity index (χ0) is 46.5. The molecule has 4 aromatic carbocycles. The molecule has 7 rings (SSSR count). The van der Waals surface area contributed by atoms with Gasteiger partial charge in [0.05, 0.1) is 43.5 Å². The monoisotopic (exact) mass is 921 g/mol. The van der Waals surface area contributed by atoms with Gasteiger partial charge in [-0.2, -0.15) is 0 Å². The fourth-order valence-corrected chi connectivity index (χ4v) is 9.30. The van der Waals surface area contributed by atoms with Gasteiger partial charge in [0.25, 0.3) is 0 Å². The van der Waals surface area contributed by atoms with Gasteiger partial charge in [-0.15, -0.1) is 0 Å². The van der Waals surface area contributed by atoms with Crippen LogP contribution in [0, 0.1) is 5.92 Å². The van der Waals surface area contributed by atoms with Crippen molar-refractivity contribution in [2.24, 2.45) is 13.0 Å². The molecule has 4 amide bonds. The number of likely N-dealkylation sites (N-methyl/N-ethyl adjacent to an activating group) is 2. The first-order chi connectivity index (χ1) is 31.1. The summed E-state index contributed by atoms with van der Waals surface area (Å²) in [7, 11) is 9.29. The fraction of sp³-hybridized carbons (Fsp3) is 0.380. The molecule has 2 N–H and O–H groups in total. The number of fused-ring (bicyclic) bond motifs is 1. The van der Waals surface area contributed by atoms with Gasteiger partial charge in [0.15, 0.2) is 0 Å². The topological polar surface area (TPSA) is 141 Å². The van der Waals surface area contributed by atoms with E-state index < -0.39 is 48.4 Å². The number of halogens is 2. The number of rotatable bonds is 11. The molecule has 1 aliphatic carbocycles. The third-order valence-corrected chi connectivity index (χ3v) is 13.3. The average molecular weight is 923 g/mol. The van der Waals surface area contributed by atoms with E-state index in [1.807, 2.05) is 81.9 Å². The molecule has 1 saturated heterocycles. The maximum absolute atomic E-state index is 15.0. The molecule has 342 valence electrons. The van der Waals surface area contributed by atoms with Crippen molar-refractivity contribution in [1.29, 1.82) is 0 Å². The van der Waals surface area contributed by atoms with E-state index in [9.17, 15) is 19.5 Å². The maximum Gasteiger partial charge on any atom is 0.247 e. The number of benzene rings is 4. The van der Waals surface area contributed by atoms with E-state index >= 15 is 4.79 Å². The number of aromatic nitrogens is 2. The molecule has 1 aliphatic heterocycles. The minimum absolute atomic E-state index is 0.0967. The number of nitrogens with zero attached hydrogens (tertiary/aromatic N) is 6. The minimum Gasteiger partial charge on any atom is -0.457 e. The lowest BCUT2D eigenvalue weighted by molar-refractivity contribution is -0.148. The number of carbonyl (C=O) groups excluding carboxylic acids is 4. The van der Waals surface area contributed by atoms with E-state index in [0.29, 0.717) is 46.5 Å². The molecule has 1 fully saturated rings. The van der Waals surface area contributed by atoms with Gasteiger partial charge in [-0.1, -0.05) is 65.7 Å². The lowest BCUT2D eigenvalue weighted by Gasteiger charge is -2.38.